The number of para-hydroxylation sites is 1. The fourth-order valence-electron chi connectivity index (χ4n) is 1.40. The van der Waals surface area contributed by atoms with Crippen LogP contribution < -0.4 is 11.1 Å². The fourth-order valence-corrected chi connectivity index (χ4v) is 1.40. The number of nitrogens with zero attached hydrogens (tertiary/aromatic N) is 3. The van der Waals surface area contributed by atoms with E-state index in [1.165, 1.54) is 19.7 Å². The summed E-state index contributed by atoms with van der Waals surface area (Å²) in [4.78, 5) is 12.7. The van der Waals surface area contributed by atoms with Crippen molar-refractivity contribution in [2.75, 3.05) is 18.2 Å². The van der Waals surface area contributed by atoms with Crippen LogP contribution in [0.2, 0.25) is 0 Å². The van der Waals surface area contributed by atoms with Crippen molar-refractivity contribution in [2.24, 2.45) is 5.16 Å². The summed E-state index contributed by atoms with van der Waals surface area (Å²) in [5, 5.41) is 6.82. The van der Waals surface area contributed by atoms with Crippen LogP contribution in [0.15, 0.2) is 41.8 Å². The molecule has 0 radical (unpaired) electrons. The first-order chi connectivity index (χ1) is 8.81. The molecule has 2 rings (SSSR count). The van der Waals surface area contributed by atoms with Gasteiger partial charge < -0.3 is 15.9 Å². The summed E-state index contributed by atoms with van der Waals surface area (Å²) >= 11 is 0. The van der Waals surface area contributed by atoms with Gasteiger partial charge in [0.05, 0.1) is 11.8 Å². The van der Waals surface area contributed by atoms with Gasteiger partial charge in [0.15, 0.2) is 0 Å². The second-order valence-corrected chi connectivity index (χ2v) is 3.43. The van der Waals surface area contributed by atoms with E-state index in [-0.39, 0.29) is 0 Å². The molecule has 92 valence electrons. The van der Waals surface area contributed by atoms with Crippen LogP contribution in [0.5, 0.6) is 0 Å². The van der Waals surface area contributed by atoms with Crippen LogP contribution in [0.25, 0.3) is 0 Å². The molecule has 0 saturated heterocycles. The van der Waals surface area contributed by atoms with Crippen molar-refractivity contribution in [3.63, 3.8) is 0 Å². The molecule has 0 amide bonds. The average Bonchev–Trinajstić information content (AvgIpc) is 2.39. The molecule has 6 heteroatoms. The highest BCUT2D eigenvalue weighted by Crippen LogP contribution is 2.19. The summed E-state index contributed by atoms with van der Waals surface area (Å²) in [6, 6.07) is 9.64. The fraction of sp³-hybridized carbons (Fsp3) is 0.0833. The lowest BCUT2D eigenvalue weighted by atomic mass is 10.2. The lowest BCUT2D eigenvalue weighted by molar-refractivity contribution is 0.215. The van der Waals surface area contributed by atoms with Crippen molar-refractivity contribution < 1.29 is 4.84 Å². The molecule has 0 bridgehead atoms. The van der Waals surface area contributed by atoms with Gasteiger partial charge in [0.1, 0.15) is 25.1 Å². The summed E-state index contributed by atoms with van der Waals surface area (Å²) in [5.74, 6) is 0.915. The van der Waals surface area contributed by atoms with E-state index in [4.69, 9.17) is 5.73 Å². The highest BCUT2D eigenvalue weighted by Gasteiger charge is 2.07. The van der Waals surface area contributed by atoms with Crippen LogP contribution >= 0.6 is 0 Å². The zero-order valence-corrected chi connectivity index (χ0v) is 9.87. The zero-order valence-electron chi connectivity index (χ0n) is 9.87. The molecular formula is C12H13N5O. The monoisotopic (exact) mass is 243 g/mol. The Bertz CT molecular complexity index is 541. The van der Waals surface area contributed by atoms with Gasteiger partial charge in [-0.2, -0.15) is 0 Å². The second-order valence-electron chi connectivity index (χ2n) is 3.43. The number of benzene rings is 1. The molecular weight excluding hydrogens is 230 g/mol. The number of anilines is 3. The Hall–Kier alpha value is -2.63. The van der Waals surface area contributed by atoms with Crippen molar-refractivity contribution in [1.29, 1.82) is 0 Å². The van der Waals surface area contributed by atoms with Gasteiger partial charge in [-0.25, -0.2) is 9.97 Å². The number of hydrogen-bond acceptors (Lipinski definition) is 6. The third-order valence-corrected chi connectivity index (χ3v) is 2.24. The van der Waals surface area contributed by atoms with E-state index in [1.807, 2.05) is 30.3 Å². The van der Waals surface area contributed by atoms with Crippen LogP contribution in [0.4, 0.5) is 17.3 Å². The normalized spacial score (nSPS) is 10.5. The van der Waals surface area contributed by atoms with E-state index < -0.39 is 0 Å². The molecule has 0 atom stereocenters. The largest absolute Gasteiger partial charge is 0.399 e. The topological polar surface area (TPSA) is 85.4 Å². The van der Waals surface area contributed by atoms with Crippen LogP contribution in [-0.4, -0.2) is 23.3 Å². The molecule has 6 nitrogen and oxygen atoms in total. The van der Waals surface area contributed by atoms with E-state index in [0.29, 0.717) is 17.2 Å². The first kappa shape index (κ1) is 11.8. The van der Waals surface area contributed by atoms with Crippen LogP contribution in [-0.2, 0) is 4.84 Å². The summed E-state index contributed by atoms with van der Waals surface area (Å²) in [6.07, 6.45) is 2.87. The van der Waals surface area contributed by atoms with Crippen molar-refractivity contribution in [1.82, 2.24) is 9.97 Å². The Kier molecular flexibility index (Phi) is 3.70. The van der Waals surface area contributed by atoms with E-state index in [1.54, 1.807) is 0 Å². The molecule has 0 aliphatic rings. The van der Waals surface area contributed by atoms with Gasteiger partial charge in [0.25, 0.3) is 0 Å². The number of nitrogens with two attached hydrogens (primary N) is 1. The third-order valence-electron chi connectivity index (χ3n) is 2.24. The lowest BCUT2D eigenvalue weighted by Crippen LogP contribution is -2.04. The molecule has 0 aliphatic carbocycles. The van der Waals surface area contributed by atoms with Crippen molar-refractivity contribution in [3.05, 3.63) is 42.2 Å². The maximum Gasteiger partial charge on any atom is 0.144 e. The van der Waals surface area contributed by atoms with Crippen molar-refractivity contribution >= 4 is 23.5 Å². The second kappa shape index (κ2) is 5.62. The van der Waals surface area contributed by atoms with Crippen LogP contribution in [0.1, 0.15) is 5.56 Å². The molecule has 1 heterocycles. The summed E-state index contributed by atoms with van der Waals surface area (Å²) in [6.45, 7) is 0. The lowest BCUT2D eigenvalue weighted by Gasteiger charge is -2.08. The molecule has 1 aromatic carbocycles. The minimum atomic E-state index is 0.337. The van der Waals surface area contributed by atoms with Gasteiger partial charge in [-0.15, -0.1) is 0 Å². The maximum atomic E-state index is 5.78. The molecule has 0 saturated carbocycles. The van der Waals surface area contributed by atoms with Gasteiger partial charge >= 0.3 is 0 Å². The van der Waals surface area contributed by atoms with E-state index in [2.05, 4.69) is 25.3 Å². The van der Waals surface area contributed by atoms with Gasteiger partial charge in [0.2, 0.25) is 0 Å². The molecule has 1 aromatic heterocycles. The molecule has 0 aliphatic heterocycles. The highest BCUT2D eigenvalue weighted by molar-refractivity contribution is 5.92. The van der Waals surface area contributed by atoms with Gasteiger partial charge in [-0.1, -0.05) is 23.4 Å². The SMILES string of the molecule is CO/N=C/c1c(N)ncnc1Nc1ccccc1. The number of oxime groups is 1. The summed E-state index contributed by atoms with van der Waals surface area (Å²) < 4.78 is 0. The van der Waals surface area contributed by atoms with E-state index >= 15 is 0 Å². The molecule has 3 N–H and O–H groups in total. The van der Waals surface area contributed by atoms with Crippen LogP contribution in [0, 0.1) is 0 Å². The standard InChI is InChI=1S/C12H13N5O/c1-18-16-7-10-11(13)14-8-15-12(10)17-9-5-3-2-4-6-9/h2-8H,1H3,(H3,13,14,15,17)/b16-7+. The number of aromatic nitrogens is 2. The zero-order chi connectivity index (χ0) is 12.8. The summed E-state index contributed by atoms with van der Waals surface area (Å²) in [7, 11) is 1.46. The third kappa shape index (κ3) is 2.73. The summed E-state index contributed by atoms with van der Waals surface area (Å²) in [5.41, 5.74) is 7.27. The Morgan fingerprint density at radius 3 is 2.78 bits per heavy atom. The van der Waals surface area contributed by atoms with Gasteiger partial charge in [-0.05, 0) is 12.1 Å². The molecule has 0 spiro atoms. The first-order valence-corrected chi connectivity index (χ1v) is 5.30. The Morgan fingerprint density at radius 1 is 1.28 bits per heavy atom. The quantitative estimate of drug-likeness (QED) is 0.631. The predicted octanol–water partition coefficient (Wildman–Crippen LogP) is 1.78. The van der Waals surface area contributed by atoms with Gasteiger partial charge in [0, 0.05) is 5.69 Å². The van der Waals surface area contributed by atoms with E-state index in [0.717, 1.165) is 5.69 Å². The molecule has 0 fully saturated rings. The minimum Gasteiger partial charge on any atom is -0.399 e. The predicted molar refractivity (Wildman–Crippen MR) is 70.8 cm³/mol. The molecule has 18 heavy (non-hydrogen) atoms. The first-order valence-electron chi connectivity index (χ1n) is 5.30. The average molecular weight is 243 g/mol. The minimum absolute atomic E-state index is 0.337. The van der Waals surface area contributed by atoms with Crippen LogP contribution in [0.3, 0.4) is 0 Å². The van der Waals surface area contributed by atoms with Gasteiger partial charge in [-0.3, -0.25) is 0 Å². The Labute approximate surface area is 105 Å². The number of nitrogen functional groups attached to an aromatic ring is 1. The molecule has 0 unspecified atom stereocenters. The van der Waals surface area contributed by atoms with Crippen molar-refractivity contribution in [3.8, 4) is 0 Å². The van der Waals surface area contributed by atoms with Crippen molar-refractivity contribution in [2.45, 2.75) is 0 Å². The van der Waals surface area contributed by atoms with E-state index in [9.17, 15) is 0 Å². The Morgan fingerprint density at radius 2 is 2.06 bits per heavy atom. The number of hydrogen-bond donors (Lipinski definition) is 2. The maximum absolute atomic E-state index is 5.78. The number of rotatable bonds is 4. The highest BCUT2D eigenvalue weighted by atomic mass is 16.6. The number of nitrogens with one attached hydrogen (secondary N) is 1. The molecule has 2 aromatic rings. The Balaban J connectivity index is 2.33. The smallest absolute Gasteiger partial charge is 0.144 e.